The van der Waals surface area contributed by atoms with Crippen molar-refractivity contribution in [1.29, 1.82) is 0 Å². The summed E-state index contributed by atoms with van der Waals surface area (Å²) in [6.07, 6.45) is 5.59. The first kappa shape index (κ1) is 22.6. The lowest BCUT2D eigenvalue weighted by Gasteiger charge is -2.36. The molecule has 1 saturated heterocycles. The highest BCUT2D eigenvalue weighted by Gasteiger charge is 2.69. The maximum Gasteiger partial charge on any atom is 0.191 e. The van der Waals surface area contributed by atoms with Crippen LogP contribution in [0.3, 0.4) is 0 Å². The summed E-state index contributed by atoms with van der Waals surface area (Å²) in [5.41, 5.74) is 0. The van der Waals surface area contributed by atoms with Crippen molar-refractivity contribution >= 4 is 24.5 Å². The van der Waals surface area contributed by atoms with Gasteiger partial charge in [0.1, 0.15) is 0 Å². The minimum Gasteiger partial charge on any atom is -0.417 e. The predicted molar refractivity (Wildman–Crippen MR) is 116 cm³/mol. The van der Waals surface area contributed by atoms with Crippen LogP contribution in [0.15, 0.2) is 0 Å². The van der Waals surface area contributed by atoms with E-state index in [-0.39, 0.29) is 0 Å². The summed E-state index contributed by atoms with van der Waals surface area (Å²) < 4.78 is 12.7. The van der Waals surface area contributed by atoms with Crippen LogP contribution in [0.25, 0.3) is 0 Å². The van der Waals surface area contributed by atoms with Crippen molar-refractivity contribution in [2.75, 3.05) is 6.61 Å². The van der Waals surface area contributed by atoms with Gasteiger partial charge >= 0.3 is 0 Å². The van der Waals surface area contributed by atoms with E-state index in [9.17, 15) is 0 Å². The molecule has 0 aromatic rings. The van der Waals surface area contributed by atoms with Crippen molar-refractivity contribution < 1.29 is 9.16 Å². The molecule has 0 saturated carbocycles. The Morgan fingerprint density at radius 2 is 1.33 bits per heavy atom. The van der Waals surface area contributed by atoms with Crippen LogP contribution < -0.4 is 0 Å². The van der Waals surface area contributed by atoms with Crippen LogP contribution in [0.2, 0.25) is 57.4 Å². The van der Waals surface area contributed by atoms with Gasteiger partial charge in [0.05, 0.1) is 27.1 Å². The molecule has 0 spiro atoms. The van der Waals surface area contributed by atoms with Crippen molar-refractivity contribution in [3.8, 4) is 0 Å². The molecule has 1 heterocycles. The molecule has 0 bridgehead atoms. The summed E-state index contributed by atoms with van der Waals surface area (Å²) in [5, 5.41) is 0.323. The molecule has 1 atom stereocenters. The first-order valence-corrected chi connectivity index (χ1v) is 19.8. The number of epoxide rings is 1. The van der Waals surface area contributed by atoms with E-state index in [0.717, 1.165) is 6.61 Å². The van der Waals surface area contributed by atoms with Gasteiger partial charge in [-0.2, -0.15) is 0 Å². The Labute approximate surface area is 155 Å². The van der Waals surface area contributed by atoms with Crippen molar-refractivity contribution in [2.24, 2.45) is 0 Å². The van der Waals surface area contributed by atoms with Gasteiger partial charge in [-0.1, -0.05) is 72.9 Å². The normalized spacial score (nSPS) is 21.9. The Hall–Kier alpha value is 0.571. The molecule has 1 unspecified atom stereocenters. The molecule has 0 amide bonds. The third-order valence-electron chi connectivity index (χ3n) is 6.33. The lowest BCUT2D eigenvalue weighted by molar-refractivity contribution is 0.276. The molecule has 1 fully saturated rings. The zero-order valence-corrected chi connectivity index (χ0v) is 21.4. The molecule has 0 N–H and O–H groups in total. The summed E-state index contributed by atoms with van der Waals surface area (Å²) in [7, 11) is -4.11. The van der Waals surface area contributed by atoms with Crippen molar-refractivity contribution in [2.45, 2.75) is 115 Å². The third kappa shape index (κ3) is 4.84. The van der Waals surface area contributed by atoms with Gasteiger partial charge in [0.2, 0.25) is 0 Å². The second-order valence-electron chi connectivity index (χ2n) is 11.3. The highest BCUT2D eigenvalue weighted by Crippen LogP contribution is 2.52. The van der Waals surface area contributed by atoms with E-state index in [0.29, 0.717) is 16.0 Å². The standard InChI is InChI=1S/C19H44O2Si3/c1-18(2,3)24(10,11)20-16-14-12-13-15-17-19(21-17,22(4,5)6)23(7,8)9/h17H,12-16H2,1-11H3. The molecular formula is C19H44O2Si3. The molecule has 5 heteroatoms. The van der Waals surface area contributed by atoms with Crippen molar-refractivity contribution in [3.63, 3.8) is 0 Å². The fourth-order valence-corrected chi connectivity index (χ4v) is 17.3. The maximum absolute atomic E-state index is 6.44. The monoisotopic (exact) mass is 388 g/mol. The molecule has 1 aliphatic rings. The second kappa shape index (κ2) is 7.30. The van der Waals surface area contributed by atoms with E-state index in [1.54, 1.807) is 0 Å². The molecule has 0 aliphatic carbocycles. The third-order valence-corrected chi connectivity index (χ3v) is 20.7. The smallest absolute Gasteiger partial charge is 0.191 e. The van der Waals surface area contributed by atoms with E-state index in [4.69, 9.17) is 9.16 Å². The summed E-state index contributed by atoms with van der Waals surface area (Å²) in [5.74, 6) is 0. The minimum absolute atomic E-state index is 0.317. The summed E-state index contributed by atoms with van der Waals surface area (Å²) in [6, 6.07) is 0. The van der Waals surface area contributed by atoms with Gasteiger partial charge in [-0.25, -0.2) is 0 Å². The Morgan fingerprint density at radius 1 is 0.833 bits per heavy atom. The van der Waals surface area contributed by atoms with Gasteiger partial charge in [-0.15, -0.1) is 0 Å². The largest absolute Gasteiger partial charge is 0.417 e. The van der Waals surface area contributed by atoms with Crippen LogP contribution in [0.1, 0.15) is 46.5 Å². The van der Waals surface area contributed by atoms with Crippen LogP contribution in [0.5, 0.6) is 0 Å². The van der Waals surface area contributed by atoms with Crippen LogP contribution in [0.4, 0.5) is 0 Å². The summed E-state index contributed by atoms with van der Waals surface area (Å²) in [6.45, 7) is 27.6. The molecule has 144 valence electrons. The lowest BCUT2D eigenvalue weighted by atomic mass is 10.1. The van der Waals surface area contributed by atoms with Gasteiger partial charge in [0, 0.05) is 6.61 Å². The highest BCUT2D eigenvalue weighted by molar-refractivity contribution is 6.99. The van der Waals surface area contributed by atoms with Gasteiger partial charge in [0.15, 0.2) is 8.32 Å². The number of hydrogen-bond acceptors (Lipinski definition) is 2. The molecule has 0 aromatic carbocycles. The second-order valence-corrected chi connectivity index (χ2v) is 27.1. The molecule has 1 aliphatic heterocycles. The topological polar surface area (TPSA) is 21.8 Å². The van der Waals surface area contributed by atoms with E-state index in [2.05, 4.69) is 73.1 Å². The minimum atomic E-state index is -1.56. The zero-order chi connectivity index (χ0) is 19.0. The average Bonchev–Trinajstić information content (AvgIpc) is 3.06. The van der Waals surface area contributed by atoms with E-state index in [1.807, 2.05) is 0 Å². The maximum atomic E-state index is 6.44. The van der Waals surface area contributed by atoms with Crippen LogP contribution >= 0.6 is 0 Å². The number of hydrogen-bond donors (Lipinski definition) is 0. The van der Waals surface area contributed by atoms with Crippen LogP contribution in [0, 0.1) is 0 Å². The molecule has 2 nitrogen and oxygen atoms in total. The summed E-state index contributed by atoms with van der Waals surface area (Å²) >= 11 is 0. The fraction of sp³-hybridized carbons (Fsp3) is 1.00. The van der Waals surface area contributed by atoms with Gasteiger partial charge in [-0.3, -0.25) is 0 Å². The number of unbranched alkanes of at least 4 members (excludes halogenated alkanes) is 2. The number of rotatable bonds is 9. The van der Waals surface area contributed by atoms with Crippen LogP contribution in [-0.4, -0.2) is 42.0 Å². The average molecular weight is 389 g/mol. The molecular weight excluding hydrogens is 344 g/mol. The Morgan fingerprint density at radius 3 is 1.71 bits per heavy atom. The fourth-order valence-electron chi connectivity index (χ4n) is 4.05. The Balaban J connectivity index is 2.33. The molecule has 1 rings (SSSR count). The number of ether oxygens (including phenoxy) is 1. The van der Waals surface area contributed by atoms with E-state index < -0.39 is 24.5 Å². The molecule has 0 aromatic heterocycles. The Bertz CT molecular complexity index is 400. The van der Waals surface area contributed by atoms with Gasteiger partial charge in [-0.05, 0) is 31.0 Å². The van der Waals surface area contributed by atoms with E-state index >= 15 is 0 Å². The molecule has 0 radical (unpaired) electrons. The van der Waals surface area contributed by atoms with Gasteiger partial charge < -0.3 is 9.16 Å². The van der Waals surface area contributed by atoms with Crippen LogP contribution in [-0.2, 0) is 9.16 Å². The quantitative estimate of drug-likeness (QED) is 0.257. The first-order chi connectivity index (χ1) is 10.6. The lowest BCUT2D eigenvalue weighted by Crippen LogP contribution is -2.59. The Kier molecular flexibility index (Phi) is 6.87. The van der Waals surface area contributed by atoms with Crippen molar-refractivity contribution in [1.82, 2.24) is 0 Å². The summed E-state index contributed by atoms with van der Waals surface area (Å²) in [4.78, 5) is 0.317. The van der Waals surface area contributed by atoms with Crippen molar-refractivity contribution in [3.05, 3.63) is 0 Å². The zero-order valence-electron chi connectivity index (χ0n) is 18.4. The SMILES string of the molecule is CC(C)(C)[Si](C)(C)OCCCCCC1OC1([Si](C)(C)C)[Si](C)(C)C. The predicted octanol–water partition coefficient (Wildman–Crippen LogP) is 6.46. The molecule has 24 heavy (non-hydrogen) atoms. The van der Waals surface area contributed by atoms with Gasteiger partial charge in [0.25, 0.3) is 0 Å². The van der Waals surface area contributed by atoms with E-state index in [1.165, 1.54) is 25.7 Å². The highest BCUT2D eigenvalue weighted by atomic mass is 28.4. The first-order valence-electron chi connectivity index (χ1n) is 9.88.